The van der Waals surface area contributed by atoms with Crippen LogP contribution in [0.2, 0.25) is 0 Å². The predicted octanol–water partition coefficient (Wildman–Crippen LogP) is 3.21. The number of carbonyl (C=O) groups excluding carboxylic acids is 2. The van der Waals surface area contributed by atoms with Crippen LogP contribution >= 0.6 is 0 Å². The number of piperidine rings is 1. The molecule has 0 spiro atoms. The Balaban J connectivity index is 1.46. The summed E-state index contributed by atoms with van der Waals surface area (Å²) in [6, 6.07) is 16.6. The SMILES string of the molecule is O=C(c1ccccc1)[C@H]1CCCN(C(=O)c2ccc(-c3ncn[nH]3)cc2)C1. The molecule has 4 rings (SSSR count). The molecule has 6 heteroatoms. The average Bonchev–Trinajstić information content (AvgIpc) is 3.28. The molecule has 1 aromatic heterocycles. The smallest absolute Gasteiger partial charge is 0.253 e. The fraction of sp³-hybridized carbons (Fsp3) is 0.238. The van der Waals surface area contributed by atoms with E-state index in [1.165, 1.54) is 6.33 Å². The fourth-order valence-corrected chi connectivity index (χ4v) is 3.51. The van der Waals surface area contributed by atoms with Crippen LogP contribution in [-0.2, 0) is 0 Å². The third-order valence-electron chi connectivity index (χ3n) is 4.96. The number of benzene rings is 2. The number of nitrogens with zero attached hydrogens (tertiary/aromatic N) is 3. The zero-order valence-electron chi connectivity index (χ0n) is 14.8. The molecule has 0 saturated carbocycles. The van der Waals surface area contributed by atoms with Crippen molar-refractivity contribution >= 4 is 11.7 Å². The van der Waals surface area contributed by atoms with Crippen molar-refractivity contribution in [2.24, 2.45) is 5.92 Å². The minimum Gasteiger partial charge on any atom is -0.338 e. The zero-order valence-corrected chi connectivity index (χ0v) is 14.8. The maximum Gasteiger partial charge on any atom is 0.253 e. The van der Waals surface area contributed by atoms with Crippen LogP contribution in [0.5, 0.6) is 0 Å². The van der Waals surface area contributed by atoms with Crippen molar-refractivity contribution in [1.82, 2.24) is 20.1 Å². The second-order valence-corrected chi connectivity index (χ2v) is 6.73. The third-order valence-corrected chi connectivity index (χ3v) is 4.96. The van der Waals surface area contributed by atoms with Crippen LogP contribution in [0.25, 0.3) is 11.4 Å². The summed E-state index contributed by atoms with van der Waals surface area (Å²) in [6.07, 6.45) is 3.11. The van der Waals surface area contributed by atoms with Gasteiger partial charge in [-0.3, -0.25) is 14.7 Å². The Hall–Kier alpha value is -3.28. The number of nitrogens with one attached hydrogen (secondary N) is 1. The van der Waals surface area contributed by atoms with Crippen LogP contribution in [0.15, 0.2) is 60.9 Å². The normalized spacial score (nSPS) is 16.9. The molecule has 0 radical (unpaired) electrons. The summed E-state index contributed by atoms with van der Waals surface area (Å²) in [7, 11) is 0. The van der Waals surface area contributed by atoms with Crippen molar-refractivity contribution < 1.29 is 9.59 Å². The highest BCUT2D eigenvalue weighted by molar-refractivity contribution is 5.99. The molecule has 1 N–H and O–H groups in total. The minimum atomic E-state index is -0.140. The molecule has 2 aromatic carbocycles. The van der Waals surface area contributed by atoms with Gasteiger partial charge in [0.25, 0.3) is 5.91 Å². The number of hydrogen-bond donors (Lipinski definition) is 1. The summed E-state index contributed by atoms with van der Waals surface area (Å²) < 4.78 is 0. The highest BCUT2D eigenvalue weighted by Crippen LogP contribution is 2.23. The number of ketones is 1. The number of H-pyrrole nitrogens is 1. The molecule has 136 valence electrons. The molecule has 1 aliphatic rings. The number of amides is 1. The standard InChI is InChI=1S/C21H20N4O2/c26-19(15-5-2-1-3-6-15)18-7-4-12-25(13-18)21(27)17-10-8-16(9-11-17)20-22-14-23-24-20/h1-3,5-6,8-11,14,18H,4,7,12-13H2,(H,22,23,24)/t18-/m0/s1. The van der Waals surface area contributed by atoms with Crippen molar-refractivity contribution in [1.29, 1.82) is 0 Å². The summed E-state index contributed by atoms with van der Waals surface area (Å²) >= 11 is 0. The molecule has 1 fully saturated rings. The number of hydrogen-bond acceptors (Lipinski definition) is 4. The van der Waals surface area contributed by atoms with Gasteiger partial charge in [-0.05, 0) is 25.0 Å². The first-order valence-electron chi connectivity index (χ1n) is 9.07. The van der Waals surface area contributed by atoms with E-state index < -0.39 is 0 Å². The van der Waals surface area contributed by atoms with Crippen molar-refractivity contribution in [2.45, 2.75) is 12.8 Å². The molecule has 0 bridgehead atoms. The van der Waals surface area contributed by atoms with Gasteiger partial charge in [0.05, 0.1) is 0 Å². The van der Waals surface area contributed by atoms with E-state index in [0.29, 0.717) is 30.0 Å². The second kappa shape index (κ2) is 7.53. The van der Waals surface area contributed by atoms with Crippen molar-refractivity contribution in [2.75, 3.05) is 13.1 Å². The van der Waals surface area contributed by atoms with Crippen molar-refractivity contribution in [3.05, 3.63) is 72.1 Å². The van der Waals surface area contributed by atoms with E-state index in [2.05, 4.69) is 15.2 Å². The highest BCUT2D eigenvalue weighted by Gasteiger charge is 2.29. The maximum atomic E-state index is 12.9. The molecule has 6 nitrogen and oxygen atoms in total. The quantitative estimate of drug-likeness (QED) is 0.725. The Morgan fingerprint density at radius 1 is 1.00 bits per heavy atom. The van der Waals surface area contributed by atoms with Gasteiger partial charge in [-0.25, -0.2) is 4.98 Å². The lowest BCUT2D eigenvalue weighted by molar-refractivity contribution is 0.0637. The number of aromatic nitrogens is 3. The van der Waals surface area contributed by atoms with E-state index in [9.17, 15) is 9.59 Å². The van der Waals surface area contributed by atoms with Crippen LogP contribution < -0.4 is 0 Å². The number of rotatable bonds is 4. The van der Waals surface area contributed by atoms with E-state index >= 15 is 0 Å². The van der Waals surface area contributed by atoms with Gasteiger partial charge in [0.2, 0.25) is 0 Å². The van der Waals surface area contributed by atoms with Crippen LogP contribution in [0, 0.1) is 5.92 Å². The second-order valence-electron chi connectivity index (χ2n) is 6.73. The summed E-state index contributed by atoms with van der Waals surface area (Å²) in [4.78, 5) is 31.5. The Morgan fingerprint density at radius 2 is 1.78 bits per heavy atom. The number of aromatic amines is 1. The molecule has 27 heavy (non-hydrogen) atoms. The predicted molar refractivity (Wildman–Crippen MR) is 101 cm³/mol. The average molecular weight is 360 g/mol. The molecule has 1 amide bonds. The van der Waals surface area contributed by atoms with E-state index in [0.717, 1.165) is 18.4 Å². The summed E-state index contributed by atoms with van der Waals surface area (Å²) in [6.45, 7) is 1.15. The lowest BCUT2D eigenvalue weighted by Crippen LogP contribution is -2.42. The molecule has 1 saturated heterocycles. The number of Topliss-reactive ketones (excluding diaryl/α,β-unsaturated/α-hetero) is 1. The first-order chi connectivity index (χ1) is 13.2. The van der Waals surface area contributed by atoms with E-state index in [1.54, 1.807) is 17.0 Å². The molecule has 1 atom stereocenters. The van der Waals surface area contributed by atoms with Gasteiger partial charge >= 0.3 is 0 Å². The molecule has 3 aromatic rings. The Bertz CT molecular complexity index is 921. The first kappa shape index (κ1) is 17.1. The van der Waals surface area contributed by atoms with Gasteiger partial charge < -0.3 is 4.90 Å². The first-order valence-corrected chi connectivity index (χ1v) is 9.07. The van der Waals surface area contributed by atoms with E-state index in [4.69, 9.17) is 0 Å². The minimum absolute atomic E-state index is 0.0373. The Labute approximate surface area is 157 Å². The van der Waals surface area contributed by atoms with Crippen molar-refractivity contribution in [3.63, 3.8) is 0 Å². The molecular formula is C21H20N4O2. The van der Waals surface area contributed by atoms with Gasteiger partial charge in [0, 0.05) is 35.7 Å². The topological polar surface area (TPSA) is 79.0 Å². The third kappa shape index (κ3) is 3.65. The van der Waals surface area contributed by atoms with Crippen LogP contribution in [0.3, 0.4) is 0 Å². The van der Waals surface area contributed by atoms with E-state index in [1.807, 2.05) is 42.5 Å². The van der Waals surface area contributed by atoms with E-state index in [-0.39, 0.29) is 17.6 Å². The number of likely N-dealkylation sites (tertiary alicyclic amines) is 1. The molecule has 2 heterocycles. The van der Waals surface area contributed by atoms with Crippen LogP contribution in [-0.4, -0.2) is 44.9 Å². The lowest BCUT2D eigenvalue weighted by Gasteiger charge is -2.32. The lowest BCUT2D eigenvalue weighted by atomic mass is 9.89. The number of carbonyl (C=O) groups is 2. The van der Waals surface area contributed by atoms with Gasteiger partial charge in [-0.2, -0.15) is 5.10 Å². The van der Waals surface area contributed by atoms with Gasteiger partial charge in [-0.15, -0.1) is 0 Å². The monoisotopic (exact) mass is 360 g/mol. The molecule has 0 unspecified atom stereocenters. The zero-order chi connectivity index (χ0) is 18.6. The molecule has 1 aliphatic heterocycles. The largest absolute Gasteiger partial charge is 0.338 e. The van der Waals surface area contributed by atoms with Gasteiger partial charge in [-0.1, -0.05) is 42.5 Å². The van der Waals surface area contributed by atoms with Crippen LogP contribution in [0.1, 0.15) is 33.6 Å². The van der Waals surface area contributed by atoms with Gasteiger partial charge in [0.15, 0.2) is 11.6 Å². The molecular weight excluding hydrogens is 340 g/mol. The fourth-order valence-electron chi connectivity index (χ4n) is 3.51. The summed E-state index contributed by atoms with van der Waals surface area (Å²) in [5.41, 5.74) is 2.21. The van der Waals surface area contributed by atoms with Crippen LogP contribution in [0.4, 0.5) is 0 Å². The molecule has 0 aliphatic carbocycles. The Kier molecular flexibility index (Phi) is 4.78. The highest BCUT2D eigenvalue weighted by atomic mass is 16.2. The van der Waals surface area contributed by atoms with Crippen molar-refractivity contribution in [3.8, 4) is 11.4 Å². The van der Waals surface area contributed by atoms with Gasteiger partial charge in [0.1, 0.15) is 6.33 Å². The summed E-state index contributed by atoms with van der Waals surface area (Å²) in [5, 5.41) is 6.64. The Morgan fingerprint density at radius 3 is 2.48 bits per heavy atom. The maximum absolute atomic E-state index is 12.9. The summed E-state index contributed by atoms with van der Waals surface area (Å²) in [5.74, 6) is 0.609.